The number of unbranched alkanes of at least 4 members (excludes halogenated alkanes) is 54. The first-order valence-electron chi connectivity index (χ1n) is 48.9. The normalized spacial score (nSPS) is 13.2. The van der Waals surface area contributed by atoms with Gasteiger partial charge in [-0.3, -0.25) is 0 Å². The summed E-state index contributed by atoms with van der Waals surface area (Å²) >= 11 is 0. The number of allylic oxidation sites excluding steroid dienone is 2. The molecule has 3 aliphatic rings. The van der Waals surface area contributed by atoms with Crippen LogP contribution in [0.1, 0.15) is 449 Å². The van der Waals surface area contributed by atoms with Crippen LogP contribution in [0, 0.1) is 0 Å². The van der Waals surface area contributed by atoms with E-state index in [1.165, 1.54) is 308 Å². The lowest BCUT2D eigenvalue weighted by Crippen LogP contribution is -2.44. The highest BCUT2D eigenvalue weighted by molar-refractivity contribution is 6.37. The second kappa shape index (κ2) is 63.7. The minimum Gasteiger partial charge on any atom is -0.490 e. The van der Waals surface area contributed by atoms with Crippen molar-refractivity contribution in [3.05, 3.63) is 119 Å². The quantitative estimate of drug-likeness (QED) is 0.0405. The molecular weight excluding hydrogens is 1420 g/mol. The van der Waals surface area contributed by atoms with E-state index in [1.54, 1.807) is 0 Å². The first kappa shape index (κ1) is 95.8. The Labute approximate surface area is 703 Å². The molecule has 115 heavy (non-hydrogen) atoms. The number of ether oxygens (including phenoxy) is 6. The molecule has 4 aromatic rings. The molecule has 7 rings (SSSR count). The fourth-order valence-corrected chi connectivity index (χ4v) is 16.2. The summed E-state index contributed by atoms with van der Waals surface area (Å²) in [5.74, 6) is 7.21. The number of rotatable bonds is 76. The molecule has 0 saturated carbocycles. The molecule has 11 nitrogen and oxygen atoms in total. The van der Waals surface area contributed by atoms with Gasteiger partial charge < -0.3 is 28.4 Å². The second-order valence-electron chi connectivity index (χ2n) is 33.9. The van der Waals surface area contributed by atoms with Gasteiger partial charge in [-0.1, -0.05) is 449 Å². The lowest BCUT2D eigenvalue weighted by Gasteiger charge is -2.36. The van der Waals surface area contributed by atoms with Gasteiger partial charge in [0.2, 0.25) is 17.5 Å². The van der Waals surface area contributed by atoms with Gasteiger partial charge in [-0.05, 0) is 80.0 Å². The summed E-state index contributed by atoms with van der Waals surface area (Å²) in [5.41, 5.74) is 5.32. The van der Waals surface area contributed by atoms with Crippen LogP contribution in [-0.2, 0) is 0 Å². The predicted octanol–water partition coefficient (Wildman–Crippen LogP) is 32.2. The van der Waals surface area contributed by atoms with Gasteiger partial charge in [-0.2, -0.15) is 9.98 Å². The molecule has 0 radical (unpaired) electrons. The van der Waals surface area contributed by atoms with E-state index in [1.807, 2.05) is 0 Å². The third-order valence-corrected chi connectivity index (χ3v) is 23.5. The largest absolute Gasteiger partial charge is 0.490 e. The summed E-state index contributed by atoms with van der Waals surface area (Å²) in [6, 6.07) is 29.6. The zero-order chi connectivity index (χ0) is 80.7. The van der Waals surface area contributed by atoms with Crippen LogP contribution in [0.5, 0.6) is 34.5 Å². The molecular formula is C104H165N5O6. The lowest BCUT2D eigenvalue weighted by atomic mass is 9.92. The van der Waals surface area contributed by atoms with Crippen molar-refractivity contribution in [1.29, 1.82) is 0 Å². The van der Waals surface area contributed by atoms with Gasteiger partial charge in [0.05, 0.1) is 39.6 Å². The number of hydrogen-bond donors (Lipinski definition) is 0. The molecule has 642 valence electrons. The fraction of sp³-hybridized carbons (Fsp3) is 0.692. The number of amidine groups is 3. The molecule has 4 aromatic carbocycles. The Morgan fingerprint density at radius 3 is 0.757 bits per heavy atom. The maximum absolute atomic E-state index is 7.21. The van der Waals surface area contributed by atoms with Crippen molar-refractivity contribution in [3.63, 3.8) is 0 Å². The van der Waals surface area contributed by atoms with E-state index in [-0.39, 0.29) is 0 Å². The lowest BCUT2D eigenvalue weighted by molar-refractivity contribution is 0.234. The van der Waals surface area contributed by atoms with Gasteiger partial charge in [-0.15, -0.1) is 0 Å². The Morgan fingerprint density at radius 1 is 0.235 bits per heavy atom. The van der Waals surface area contributed by atoms with Crippen LogP contribution in [-0.4, -0.2) is 68.0 Å². The summed E-state index contributed by atoms with van der Waals surface area (Å²) in [7, 11) is 0. The van der Waals surface area contributed by atoms with E-state index in [9.17, 15) is 0 Å². The van der Waals surface area contributed by atoms with Gasteiger partial charge in [-0.25, -0.2) is 14.9 Å². The van der Waals surface area contributed by atoms with Crippen molar-refractivity contribution < 1.29 is 28.4 Å². The number of guanidine groups is 1. The molecule has 0 aromatic heterocycles. The summed E-state index contributed by atoms with van der Waals surface area (Å²) in [6.07, 6.45) is 77.5. The Hall–Kier alpha value is -6.36. The van der Waals surface area contributed by atoms with E-state index in [4.69, 9.17) is 48.4 Å². The van der Waals surface area contributed by atoms with Crippen LogP contribution in [0.3, 0.4) is 0 Å². The number of benzene rings is 4. The smallest absolute Gasteiger partial charge is 0.241 e. The third-order valence-electron chi connectivity index (χ3n) is 23.5. The van der Waals surface area contributed by atoms with Crippen molar-refractivity contribution >= 4 is 34.6 Å². The fourth-order valence-electron chi connectivity index (χ4n) is 16.2. The van der Waals surface area contributed by atoms with Gasteiger partial charge in [0.25, 0.3) is 0 Å². The van der Waals surface area contributed by atoms with Gasteiger partial charge in [0, 0.05) is 22.3 Å². The number of hydrogen-bond acceptors (Lipinski definition) is 11. The zero-order valence-corrected chi connectivity index (χ0v) is 74.5. The van der Waals surface area contributed by atoms with Crippen LogP contribution < -0.4 is 28.4 Å². The van der Waals surface area contributed by atoms with Crippen molar-refractivity contribution in [2.45, 2.75) is 427 Å². The summed E-state index contributed by atoms with van der Waals surface area (Å²) in [5, 5.41) is 0. The van der Waals surface area contributed by atoms with Gasteiger partial charge in [0.15, 0.2) is 46.3 Å². The molecule has 3 heterocycles. The van der Waals surface area contributed by atoms with E-state index in [0.717, 1.165) is 110 Å². The summed E-state index contributed by atoms with van der Waals surface area (Å²) in [4.78, 5) is 24.3. The first-order valence-corrected chi connectivity index (χ1v) is 48.9. The first-order chi connectivity index (χ1) is 57.0. The molecule has 0 spiro atoms. The minimum absolute atomic E-state index is 0.494. The average molecular weight is 1580 g/mol. The molecule has 11 heteroatoms. The summed E-state index contributed by atoms with van der Waals surface area (Å²) in [6.45, 7) is 17.3. The van der Waals surface area contributed by atoms with E-state index in [2.05, 4.69) is 137 Å². The Kier molecular flexibility index (Phi) is 53.0. The molecule has 0 amide bonds. The topological polar surface area (TPSA) is 108 Å². The molecule has 0 aliphatic carbocycles. The highest BCUT2D eigenvalue weighted by Crippen LogP contribution is 2.48. The van der Waals surface area contributed by atoms with Crippen LogP contribution in [0.25, 0.3) is 11.1 Å². The van der Waals surface area contributed by atoms with Crippen molar-refractivity contribution in [2.75, 3.05) is 39.6 Å². The minimum atomic E-state index is 0.494. The number of aliphatic imine (C=N–C) groups is 4. The Balaban J connectivity index is 1.36. The number of nitrogens with zero attached hydrogens (tertiary/aromatic N) is 5. The molecule has 0 atom stereocenters. The van der Waals surface area contributed by atoms with E-state index in [0.29, 0.717) is 103 Å². The van der Waals surface area contributed by atoms with Crippen LogP contribution in [0.15, 0.2) is 117 Å². The average Bonchev–Trinajstić information content (AvgIpc) is 0.723. The van der Waals surface area contributed by atoms with Crippen LogP contribution >= 0.6 is 0 Å². The van der Waals surface area contributed by atoms with Crippen molar-refractivity contribution in [2.24, 2.45) is 20.0 Å². The standard InChI is InChI=1S/C104H165N5O6/c1-7-13-19-25-31-37-43-49-55-67-77-110-94-83-90(84-95(111-78-68-56-50-44-38-32-26-20-14-8-2)98(94)114-81-71-59-53-47-41-35-29-23-17-11-5)92-87-93(103-106-101(89-75-65-62-66-76-89)108-104-107-100(105-102(92)109(103)104)88-73-63-61-64-74-88)91-85-96(112-79-69-57-51-45-39-33-27-21-15-9-3)99(115-82-72-60-54-48-42-36-30-24-18-12-6)97(86-91)113-80-70-58-52-46-40-34-28-22-16-10-4/h61-66,73-76,83-87H,7-60,67-72,77-82H2,1-6H3. The van der Waals surface area contributed by atoms with Crippen LogP contribution in [0.2, 0.25) is 0 Å². The Morgan fingerprint density at radius 2 is 0.478 bits per heavy atom. The molecule has 0 unspecified atom stereocenters. The van der Waals surface area contributed by atoms with E-state index < -0.39 is 0 Å². The zero-order valence-electron chi connectivity index (χ0n) is 74.5. The SMILES string of the molecule is CCCCCCCCCCCCOc1cc(C2=CC(c3cc(OCCCCCCCCCCCC)c(OCCCCCCCCCCCC)c(OCCCCCCCCCCCC)c3)=C3N=C(c4ccccc4)N=C4N=C(c5ccccc5)N=C2N43)cc(OCCCCCCCCCCCC)c1OCCCCCCCCCCCC. The highest BCUT2D eigenvalue weighted by Gasteiger charge is 2.39. The predicted molar refractivity (Wildman–Crippen MR) is 494 cm³/mol. The molecule has 3 aliphatic heterocycles. The summed E-state index contributed by atoms with van der Waals surface area (Å²) < 4.78 is 43.1. The van der Waals surface area contributed by atoms with E-state index >= 15 is 0 Å². The second-order valence-corrected chi connectivity index (χ2v) is 33.9. The Bertz CT molecular complexity index is 3240. The van der Waals surface area contributed by atoms with Crippen LogP contribution in [0.4, 0.5) is 0 Å². The maximum atomic E-state index is 7.21. The van der Waals surface area contributed by atoms with Gasteiger partial charge in [0.1, 0.15) is 0 Å². The molecule has 0 N–H and O–H groups in total. The maximum Gasteiger partial charge on any atom is 0.241 e. The van der Waals surface area contributed by atoms with Crippen molar-refractivity contribution in [3.8, 4) is 34.5 Å². The van der Waals surface area contributed by atoms with Gasteiger partial charge >= 0.3 is 0 Å². The molecule has 0 saturated heterocycles. The van der Waals surface area contributed by atoms with Crippen molar-refractivity contribution in [1.82, 2.24) is 4.90 Å². The molecule has 0 fully saturated rings. The monoisotopic (exact) mass is 1580 g/mol. The molecule has 0 bridgehead atoms. The highest BCUT2D eigenvalue weighted by atomic mass is 16.5. The third kappa shape index (κ3) is 38.9.